The van der Waals surface area contributed by atoms with Crippen molar-refractivity contribution in [3.8, 4) is 17.7 Å². The van der Waals surface area contributed by atoms with Crippen LogP contribution in [0.2, 0.25) is 0 Å². The summed E-state index contributed by atoms with van der Waals surface area (Å²) in [5.41, 5.74) is 0.448. The lowest BCUT2D eigenvalue weighted by Gasteiger charge is -2.08. The number of benzene rings is 1. The molecular formula is C13H7IN2O3. The van der Waals surface area contributed by atoms with E-state index in [1.807, 2.05) is 28.7 Å². The van der Waals surface area contributed by atoms with Crippen LogP contribution < -0.4 is 4.74 Å². The number of hydrogen-bond donors (Lipinski definition) is 1. The zero-order valence-corrected chi connectivity index (χ0v) is 11.7. The fourth-order valence-corrected chi connectivity index (χ4v) is 1.90. The second-order valence-corrected chi connectivity index (χ2v) is 4.79. The SMILES string of the molecule is N#Cc1ccnc(Oc2ccc(I)cc2C(=O)O)c1. The van der Waals surface area contributed by atoms with Crippen LogP contribution in [0.15, 0.2) is 36.5 Å². The van der Waals surface area contributed by atoms with E-state index in [4.69, 9.17) is 15.1 Å². The zero-order valence-electron chi connectivity index (χ0n) is 9.50. The Labute approximate surface area is 122 Å². The van der Waals surface area contributed by atoms with Crippen molar-refractivity contribution < 1.29 is 14.6 Å². The third kappa shape index (κ3) is 3.20. The summed E-state index contributed by atoms with van der Waals surface area (Å²) in [6.07, 6.45) is 1.43. The molecule has 0 unspecified atom stereocenters. The molecule has 6 heteroatoms. The zero-order chi connectivity index (χ0) is 13.8. The second-order valence-electron chi connectivity index (χ2n) is 3.54. The lowest BCUT2D eigenvalue weighted by atomic mass is 10.2. The van der Waals surface area contributed by atoms with Crippen molar-refractivity contribution in [1.29, 1.82) is 5.26 Å². The first-order chi connectivity index (χ1) is 9.10. The third-order valence-corrected chi connectivity index (χ3v) is 2.92. The van der Waals surface area contributed by atoms with Crippen LogP contribution in [0.4, 0.5) is 0 Å². The maximum Gasteiger partial charge on any atom is 0.339 e. The molecule has 0 radical (unpaired) electrons. The van der Waals surface area contributed by atoms with E-state index < -0.39 is 5.97 Å². The molecule has 19 heavy (non-hydrogen) atoms. The largest absolute Gasteiger partial charge is 0.478 e. The summed E-state index contributed by atoms with van der Waals surface area (Å²) in [5.74, 6) is -0.705. The number of ether oxygens (including phenoxy) is 1. The standard InChI is InChI=1S/C13H7IN2O3/c14-9-1-2-11(10(6-9)13(17)18)19-12-5-8(7-15)3-4-16-12/h1-6H,(H,17,18). The maximum atomic E-state index is 11.1. The van der Waals surface area contributed by atoms with E-state index in [-0.39, 0.29) is 17.2 Å². The molecule has 94 valence electrons. The molecule has 0 aliphatic carbocycles. The average molecular weight is 366 g/mol. The Balaban J connectivity index is 2.38. The summed E-state index contributed by atoms with van der Waals surface area (Å²) in [7, 11) is 0. The van der Waals surface area contributed by atoms with Gasteiger partial charge in [0.15, 0.2) is 0 Å². The van der Waals surface area contributed by atoms with Crippen LogP contribution in [0.3, 0.4) is 0 Å². The predicted octanol–water partition coefficient (Wildman–Crippen LogP) is 3.05. The summed E-state index contributed by atoms with van der Waals surface area (Å²) < 4.78 is 6.21. The second kappa shape index (κ2) is 5.67. The van der Waals surface area contributed by atoms with Gasteiger partial charge in [-0.25, -0.2) is 9.78 Å². The lowest BCUT2D eigenvalue weighted by Crippen LogP contribution is -2.01. The molecule has 0 atom stereocenters. The van der Waals surface area contributed by atoms with Gasteiger partial charge in [0.1, 0.15) is 11.3 Å². The molecule has 1 N–H and O–H groups in total. The maximum absolute atomic E-state index is 11.1. The van der Waals surface area contributed by atoms with E-state index in [9.17, 15) is 4.79 Å². The first-order valence-electron chi connectivity index (χ1n) is 5.17. The van der Waals surface area contributed by atoms with Gasteiger partial charge in [-0.1, -0.05) is 0 Å². The summed E-state index contributed by atoms with van der Waals surface area (Å²) in [6, 6.07) is 9.75. The summed E-state index contributed by atoms with van der Waals surface area (Å²) in [6.45, 7) is 0. The fraction of sp³-hybridized carbons (Fsp3) is 0. The van der Waals surface area contributed by atoms with Crippen LogP contribution in [0.25, 0.3) is 0 Å². The summed E-state index contributed by atoms with van der Waals surface area (Å²) >= 11 is 2.02. The normalized spacial score (nSPS) is 9.68. The van der Waals surface area contributed by atoms with Crippen molar-refractivity contribution in [2.75, 3.05) is 0 Å². The molecule has 0 fully saturated rings. The number of nitrogens with zero attached hydrogens (tertiary/aromatic N) is 2. The molecule has 0 saturated heterocycles. The molecule has 2 rings (SSSR count). The van der Waals surface area contributed by atoms with Crippen molar-refractivity contribution in [1.82, 2.24) is 4.98 Å². The van der Waals surface area contributed by atoms with E-state index in [0.717, 1.165) is 3.57 Å². The van der Waals surface area contributed by atoms with Crippen LogP contribution in [0, 0.1) is 14.9 Å². The number of aromatic carboxylic acids is 1. The number of nitriles is 1. The van der Waals surface area contributed by atoms with Crippen LogP contribution >= 0.6 is 22.6 Å². The molecule has 0 aliphatic heterocycles. The highest BCUT2D eigenvalue weighted by Gasteiger charge is 2.13. The van der Waals surface area contributed by atoms with Crippen LogP contribution in [-0.4, -0.2) is 16.1 Å². The Kier molecular flexibility index (Phi) is 3.97. The molecule has 0 aliphatic rings. The predicted molar refractivity (Wildman–Crippen MR) is 75.1 cm³/mol. The van der Waals surface area contributed by atoms with Gasteiger partial charge in [0, 0.05) is 15.8 Å². The Hall–Kier alpha value is -2.14. The molecular weight excluding hydrogens is 359 g/mol. The van der Waals surface area contributed by atoms with Crippen molar-refractivity contribution >= 4 is 28.6 Å². The Morgan fingerprint density at radius 3 is 2.84 bits per heavy atom. The smallest absolute Gasteiger partial charge is 0.339 e. The van der Waals surface area contributed by atoms with E-state index >= 15 is 0 Å². The van der Waals surface area contributed by atoms with Gasteiger partial charge in [-0.15, -0.1) is 0 Å². The van der Waals surface area contributed by atoms with E-state index in [2.05, 4.69) is 4.98 Å². The quantitative estimate of drug-likeness (QED) is 0.845. The average Bonchev–Trinajstić information content (AvgIpc) is 2.41. The van der Waals surface area contributed by atoms with Gasteiger partial charge in [-0.2, -0.15) is 5.26 Å². The number of halogens is 1. The number of rotatable bonds is 3. The van der Waals surface area contributed by atoms with Gasteiger partial charge in [0.25, 0.3) is 0 Å². The molecule has 1 aromatic carbocycles. The van der Waals surface area contributed by atoms with E-state index in [1.54, 1.807) is 18.2 Å². The number of carboxylic acid groups (broad SMARTS) is 1. The monoisotopic (exact) mass is 366 g/mol. The van der Waals surface area contributed by atoms with Crippen molar-refractivity contribution in [2.24, 2.45) is 0 Å². The third-order valence-electron chi connectivity index (χ3n) is 2.25. The van der Waals surface area contributed by atoms with Crippen LogP contribution in [0.5, 0.6) is 11.6 Å². The van der Waals surface area contributed by atoms with E-state index in [0.29, 0.717) is 5.56 Å². The van der Waals surface area contributed by atoms with Gasteiger partial charge < -0.3 is 9.84 Å². The molecule has 0 bridgehead atoms. The van der Waals surface area contributed by atoms with Gasteiger partial charge in [0.2, 0.25) is 5.88 Å². The highest BCUT2D eigenvalue weighted by Crippen LogP contribution is 2.26. The first kappa shape index (κ1) is 13.3. The molecule has 5 nitrogen and oxygen atoms in total. The van der Waals surface area contributed by atoms with Crippen LogP contribution in [0.1, 0.15) is 15.9 Å². The first-order valence-corrected chi connectivity index (χ1v) is 6.25. The van der Waals surface area contributed by atoms with Gasteiger partial charge in [-0.3, -0.25) is 0 Å². The number of carboxylic acids is 1. The fourth-order valence-electron chi connectivity index (χ4n) is 1.41. The molecule has 1 aromatic heterocycles. The van der Waals surface area contributed by atoms with Crippen molar-refractivity contribution in [2.45, 2.75) is 0 Å². The minimum atomic E-state index is -1.08. The number of hydrogen-bond acceptors (Lipinski definition) is 4. The van der Waals surface area contributed by atoms with Crippen LogP contribution in [-0.2, 0) is 0 Å². The number of aromatic nitrogens is 1. The number of pyridine rings is 1. The van der Waals surface area contributed by atoms with Crippen molar-refractivity contribution in [3.63, 3.8) is 0 Å². The lowest BCUT2D eigenvalue weighted by molar-refractivity contribution is 0.0694. The Morgan fingerprint density at radius 2 is 2.16 bits per heavy atom. The topological polar surface area (TPSA) is 83.2 Å². The molecule has 0 spiro atoms. The highest BCUT2D eigenvalue weighted by molar-refractivity contribution is 14.1. The Morgan fingerprint density at radius 1 is 1.37 bits per heavy atom. The summed E-state index contributed by atoms with van der Waals surface area (Å²) in [4.78, 5) is 15.1. The minimum absolute atomic E-state index is 0.0519. The number of carbonyl (C=O) groups is 1. The molecule has 0 amide bonds. The Bertz CT molecular complexity index is 680. The highest BCUT2D eigenvalue weighted by atomic mass is 127. The van der Waals surface area contributed by atoms with Gasteiger partial charge >= 0.3 is 5.97 Å². The van der Waals surface area contributed by atoms with Crippen molar-refractivity contribution in [3.05, 3.63) is 51.2 Å². The van der Waals surface area contributed by atoms with Gasteiger partial charge in [0.05, 0.1) is 11.6 Å². The molecule has 2 aromatic rings. The molecule has 1 heterocycles. The van der Waals surface area contributed by atoms with E-state index in [1.165, 1.54) is 18.3 Å². The summed E-state index contributed by atoms with van der Waals surface area (Å²) in [5, 5.41) is 17.9. The molecule has 0 saturated carbocycles. The minimum Gasteiger partial charge on any atom is -0.478 e. The van der Waals surface area contributed by atoms with Gasteiger partial charge in [-0.05, 0) is 46.9 Å².